The standard InChI is InChI=1S/C51H29N3O3/c1-3-13-30(14-4-1)49-52-50(31-15-5-2-6-16-31)54-51(53-49)40-22-12-21-37-41-29-32(25-28-44(41)56-47(37)40)33-26-27-38(48-45(33)39-18-8-10-24-43(39)57-48)36-20-11-19-35-34-17-7-9-23-42(34)55-46(35)36/h1-29H/i1D,2D,3D,4D,5D,6D,7D,8D,9D,10D,11D,12D,13D,14D,15D,16D,17D,18D,19D,20D,21D,22D,23D,24D,25D,26D,27D,28D,29D. The summed E-state index contributed by atoms with van der Waals surface area (Å²) in [5.41, 5.74) is -8.81. The van der Waals surface area contributed by atoms with Crippen molar-refractivity contribution in [3.8, 4) is 56.4 Å². The first-order chi connectivity index (χ1) is 40.3. The summed E-state index contributed by atoms with van der Waals surface area (Å²) < 4.78 is 276. The first-order valence-corrected chi connectivity index (χ1v) is 16.6. The lowest BCUT2D eigenvalue weighted by Gasteiger charge is -2.09. The van der Waals surface area contributed by atoms with Gasteiger partial charge in [0.25, 0.3) is 0 Å². The zero-order valence-electron chi connectivity index (χ0n) is 57.1. The summed E-state index contributed by atoms with van der Waals surface area (Å²) in [7, 11) is 0. The molecular weight excluding hydrogens is 703 g/mol. The summed E-state index contributed by atoms with van der Waals surface area (Å²) in [5, 5.41) is -3.17. The SMILES string of the molecule is [2H]c1c([2H])c([2H])c(-c2nc(-c3c([2H])c([2H])c([2H])c([2H])c3[2H])nc(-c3c([2H])c([2H])c([2H])c4c3oc3c([2H])c([2H])c(-c5c([2H])c([2H])c(-c6c([2H])c([2H])c([2H])c7c6oc6c([2H])c([2H])c([2H])c([2H])c67)c6oc7c([2H])c([2H])c([2H])c([2H])c7c56)c([2H])c34)n2)c([2H])c1[2H]. The summed E-state index contributed by atoms with van der Waals surface area (Å²) in [5.74, 6) is -2.43. The van der Waals surface area contributed by atoms with E-state index in [9.17, 15) is 12.3 Å². The van der Waals surface area contributed by atoms with Crippen LogP contribution in [0.25, 0.3) is 122 Å². The molecule has 12 rings (SSSR count). The Hall–Kier alpha value is -7.83. The van der Waals surface area contributed by atoms with Gasteiger partial charge in [-0.1, -0.05) is 139 Å². The predicted octanol–water partition coefficient (Wildman–Crippen LogP) is 13.9. The molecule has 266 valence electrons. The van der Waals surface area contributed by atoms with Crippen molar-refractivity contribution in [1.29, 1.82) is 0 Å². The summed E-state index contributed by atoms with van der Waals surface area (Å²) >= 11 is 0. The first kappa shape index (κ1) is 14.3. The molecule has 0 saturated carbocycles. The number of nitrogens with zero attached hydrogens (tertiary/aromatic N) is 3. The number of hydrogen-bond donors (Lipinski definition) is 0. The lowest BCUT2D eigenvalue weighted by molar-refractivity contribution is 0.665. The van der Waals surface area contributed by atoms with E-state index in [1.807, 2.05) is 0 Å². The van der Waals surface area contributed by atoms with Crippen LogP contribution in [0.5, 0.6) is 0 Å². The molecule has 0 spiro atoms. The van der Waals surface area contributed by atoms with Gasteiger partial charge in [0.05, 0.1) is 45.3 Å². The lowest BCUT2D eigenvalue weighted by Crippen LogP contribution is -2.00. The van der Waals surface area contributed by atoms with Crippen LogP contribution in [0.15, 0.2) is 188 Å². The maximum Gasteiger partial charge on any atom is 0.167 e. The molecule has 0 saturated heterocycles. The second-order valence-corrected chi connectivity index (χ2v) is 12.1. The van der Waals surface area contributed by atoms with Crippen molar-refractivity contribution >= 4 is 65.8 Å². The molecule has 8 aromatic carbocycles. The lowest BCUT2D eigenvalue weighted by atomic mass is 9.93. The Labute approximate surface area is 366 Å². The van der Waals surface area contributed by atoms with Gasteiger partial charge in [0, 0.05) is 54.6 Å². The van der Waals surface area contributed by atoms with Crippen LogP contribution < -0.4 is 0 Å². The highest BCUT2D eigenvalue weighted by Gasteiger charge is 2.22. The van der Waals surface area contributed by atoms with Gasteiger partial charge in [0.2, 0.25) is 0 Å². The zero-order chi connectivity index (χ0) is 62.7. The molecule has 0 unspecified atom stereocenters. The number of aromatic nitrogens is 3. The average Bonchev–Trinajstić information content (AvgIpc) is 1.49. The number of benzene rings is 8. The van der Waals surface area contributed by atoms with Gasteiger partial charge in [-0.25, -0.2) is 15.0 Å². The van der Waals surface area contributed by atoms with E-state index in [1.54, 1.807) is 0 Å². The summed E-state index contributed by atoms with van der Waals surface area (Å²) in [6, 6.07) is -25.4. The second-order valence-electron chi connectivity index (χ2n) is 12.1. The minimum Gasteiger partial charge on any atom is -0.455 e. The fraction of sp³-hybridized carbons (Fsp3) is 0. The van der Waals surface area contributed by atoms with Gasteiger partial charge in [-0.05, 0) is 47.4 Å². The van der Waals surface area contributed by atoms with E-state index < -0.39 is 297 Å². The van der Waals surface area contributed by atoms with Crippen molar-refractivity contribution in [2.75, 3.05) is 0 Å². The van der Waals surface area contributed by atoms with Crippen molar-refractivity contribution < 1.29 is 53.0 Å². The average molecular weight is 761 g/mol. The Kier molecular flexibility index (Phi) is 3.11. The molecule has 6 heteroatoms. The third-order valence-electron chi connectivity index (χ3n) is 8.93. The maximum atomic E-state index is 9.97. The number of rotatable bonds is 5. The van der Waals surface area contributed by atoms with E-state index in [0.29, 0.717) is 0 Å². The fourth-order valence-corrected chi connectivity index (χ4v) is 6.49. The Bertz CT molecular complexity index is 5100. The molecule has 0 aliphatic heterocycles. The number of fused-ring (bicyclic) bond motifs is 9. The molecule has 0 atom stereocenters. The molecule has 57 heavy (non-hydrogen) atoms. The van der Waals surface area contributed by atoms with Gasteiger partial charge in [-0.15, -0.1) is 0 Å². The molecule has 4 aromatic heterocycles. The van der Waals surface area contributed by atoms with Gasteiger partial charge in [-0.2, -0.15) is 0 Å². The van der Waals surface area contributed by atoms with Crippen LogP contribution in [-0.2, 0) is 0 Å². The number of para-hydroxylation sites is 4. The maximum absolute atomic E-state index is 9.97. The van der Waals surface area contributed by atoms with Crippen LogP contribution in [0, 0.1) is 0 Å². The highest BCUT2D eigenvalue weighted by atomic mass is 16.3. The highest BCUT2D eigenvalue weighted by molar-refractivity contribution is 6.19. The number of hydrogen-bond acceptors (Lipinski definition) is 6. The number of furan rings is 3. The van der Waals surface area contributed by atoms with Gasteiger partial charge < -0.3 is 13.3 Å². The minimum absolute atomic E-state index is 0.397. The minimum atomic E-state index is -1.02. The van der Waals surface area contributed by atoms with Crippen LogP contribution in [0.2, 0.25) is 0 Å². The van der Waals surface area contributed by atoms with E-state index in [1.165, 1.54) is 0 Å². The third kappa shape index (κ3) is 4.94. The van der Waals surface area contributed by atoms with E-state index in [4.69, 9.17) is 40.7 Å². The Morgan fingerprint density at radius 3 is 1.53 bits per heavy atom. The van der Waals surface area contributed by atoms with Gasteiger partial charge in [-0.3, -0.25) is 0 Å². The summed E-state index contributed by atoms with van der Waals surface area (Å²) in [4.78, 5) is 12.9. The van der Waals surface area contributed by atoms with Crippen molar-refractivity contribution in [2.24, 2.45) is 0 Å². The van der Waals surface area contributed by atoms with E-state index in [0.717, 1.165) is 0 Å². The normalized spacial score (nSPS) is 19.0. The molecular formula is C51H29N3O3. The Morgan fingerprint density at radius 2 is 0.807 bits per heavy atom. The van der Waals surface area contributed by atoms with Crippen molar-refractivity contribution in [2.45, 2.75) is 0 Å². The second kappa shape index (κ2) is 12.3. The van der Waals surface area contributed by atoms with Crippen LogP contribution in [0.3, 0.4) is 0 Å². The molecule has 0 radical (unpaired) electrons. The molecule has 12 aromatic rings. The topological polar surface area (TPSA) is 78.1 Å². The fourth-order valence-electron chi connectivity index (χ4n) is 6.49. The van der Waals surface area contributed by atoms with Crippen LogP contribution >= 0.6 is 0 Å². The summed E-state index contributed by atoms with van der Waals surface area (Å²) in [6.07, 6.45) is 0. The summed E-state index contributed by atoms with van der Waals surface area (Å²) in [6.45, 7) is 0. The van der Waals surface area contributed by atoms with Gasteiger partial charge in [0.15, 0.2) is 17.5 Å². The van der Waals surface area contributed by atoms with Crippen LogP contribution in [0.1, 0.15) is 39.8 Å². The predicted molar refractivity (Wildman–Crippen MR) is 229 cm³/mol. The first-order valence-electron chi connectivity index (χ1n) is 31.1. The molecule has 0 amide bonds. The molecule has 0 N–H and O–H groups in total. The van der Waals surface area contributed by atoms with Crippen molar-refractivity contribution in [3.05, 3.63) is 175 Å². The molecule has 6 nitrogen and oxygen atoms in total. The van der Waals surface area contributed by atoms with Gasteiger partial charge >= 0.3 is 0 Å². The highest BCUT2D eigenvalue weighted by Crippen LogP contribution is 2.46. The molecule has 0 fully saturated rings. The van der Waals surface area contributed by atoms with E-state index in [2.05, 4.69) is 15.0 Å². The van der Waals surface area contributed by atoms with Crippen molar-refractivity contribution in [1.82, 2.24) is 15.0 Å². The third-order valence-corrected chi connectivity index (χ3v) is 8.93. The van der Waals surface area contributed by atoms with E-state index >= 15 is 0 Å². The Morgan fingerprint density at radius 1 is 0.316 bits per heavy atom. The van der Waals surface area contributed by atoms with Crippen LogP contribution in [0.4, 0.5) is 0 Å². The Balaban J connectivity index is 1.23. The molecule has 0 aliphatic carbocycles. The van der Waals surface area contributed by atoms with E-state index in [-0.39, 0.29) is 0 Å². The van der Waals surface area contributed by atoms with Crippen LogP contribution in [-0.4, -0.2) is 15.0 Å². The molecule has 0 aliphatic rings. The molecule has 4 heterocycles. The smallest absolute Gasteiger partial charge is 0.167 e. The van der Waals surface area contributed by atoms with Crippen molar-refractivity contribution in [3.63, 3.8) is 0 Å². The largest absolute Gasteiger partial charge is 0.455 e. The molecule has 0 bridgehead atoms. The monoisotopic (exact) mass is 760 g/mol. The van der Waals surface area contributed by atoms with Gasteiger partial charge in [0.1, 0.15) is 33.5 Å². The zero-order valence-corrected chi connectivity index (χ0v) is 28.1. The quantitative estimate of drug-likeness (QED) is 0.174.